The van der Waals surface area contributed by atoms with Crippen LogP contribution in [-0.4, -0.2) is 37.2 Å². The SMILES string of the molecule is CCOC(C)(C)ON=CC=NOC(C)(C)OCC. The summed E-state index contributed by atoms with van der Waals surface area (Å²) in [4.78, 5) is 10.2. The largest absolute Gasteiger partial charge is 0.361 e. The smallest absolute Gasteiger partial charge is 0.231 e. The van der Waals surface area contributed by atoms with E-state index in [0.717, 1.165) is 0 Å². The second-order valence-electron chi connectivity index (χ2n) is 4.36. The standard InChI is InChI=1S/C12H24N2O4/c1-7-15-11(3,4)17-13-9-10-14-18-12(5,6)16-8-2/h9-10H,7-8H2,1-6H3. The highest BCUT2D eigenvalue weighted by molar-refractivity contribution is 6.15. The van der Waals surface area contributed by atoms with Gasteiger partial charge in [0.25, 0.3) is 0 Å². The van der Waals surface area contributed by atoms with E-state index in [1.165, 1.54) is 12.4 Å². The molecule has 0 aromatic carbocycles. The molecule has 0 fully saturated rings. The van der Waals surface area contributed by atoms with Crippen molar-refractivity contribution in [1.29, 1.82) is 0 Å². The molecular formula is C12H24N2O4. The van der Waals surface area contributed by atoms with Crippen molar-refractivity contribution in [1.82, 2.24) is 0 Å². The maximum Gasteiger partial charge on any atom is 0.231 e. The Labute approximate surface area is 109 Å². The summed E-state index contributed by atoms with van der Waals surface area (Å²) in [5.41, 5.74) is 0. The van der Waals surface area contributed by atoms with Gasteiger partial charge in [0.15, 0.2) is 0 Å². The van der Waals surface area contributed by atoms with E-state index in [2.05, 4.69) is 10.3 Å². The molecule has 0 aliphatic rings. The summed E-state index contributed by atoms with van der Waals surface area (Å²) in [5.74, 6) is -1.49. The topological polar surface area (TPSA) is 61.6 Å². The Bertz CT molecular complexity index is 247. The van der Waals surface area contributed by atoms with E-state index in [4.69, 9.17) is 19.1 Å². The molecule has 0 aliphatic heterocycles. The molecule has 0 heterocycles. The summed E-state index contributed by atoms with van der Waals surface area (Å²) in [6, 6.07) is 0. The molecule has 0 aliphatic carbocycles. The van der Waals surface area contributed by atoms with Gasteiger partial charge in [-0.3, -0.25) is 0 Å². The van der Waals surface area contributed by atoms with Crippen molar-refractivity contribution in [2.75, 3.05) is 13.2 Å². The number of nitrogens with zero attached hydrogens (tertiary/aromatic N) is 2. The summed E-state index contributed by atoms with van der Waals surface area (Å²) >= 11 is 0. The zero-order valence-corrected chi connectivity index (χ0v) is 12.1. The normalized spacial score (nSPS) is 13.4. The highest BCUT2D eigenvalue weighted by Crippen LogP contribution is 2.11. The molecule has 0 saturated carbocycles. The molecule has 0 amide bonds. The molecule has 0 N–H and O–H groups in total. The highest BCUT2D eigenvalue weighted by Gasteiger charge is 2.19. The van der Waals surface area contributed by atoms with Crippen LogP contribution in [0.1, 0.15) is 41.5 Å². The highest BCUT2D eigenvalue weighted by atomic mass is 16.8. The van der Waals surface area contributed by atoms with Crippen molar-refractivity contribution in [3.8, 4) is 0 Å². The fraction of sp³-hybridized carbons (Fsp3) is 0.833. The molecule has 106 valence electrons. The van der Waals surface area contributed by atoms with Crippen LogP contribution >= 0.6 is 0 Å². The number of rotatable bonds is 9. The van der Waals surface area contributed by atoms with Crippen LogP contribution in [0.2, 0.25) is 0 Å². The van der Waals surface area contributed by atoms with E-state index in [1.54, 1.807) is 27.7 Å². The molecule has 0 unspecified atom stereocenters. The molecule has 0 bridgehead atoms. The van der Waals surface area contributed by atoms with Crippen molar-refractivity contribution >= 4 is 12.4 Å². The molecule has 0 saturated heterocycles. The van der Waals surface area contributed by atoms with Crippen molar-refractivity contribution in [3.05, 3.63) is 0 Å². The monoisotopic (exact) mass is 260 g/mol. The van der Waals surface area contributed by atoms with Gasteiger partial charge in [-0.25, -0.2) is 0 Å². The Hall–Kier alpha value is -1.14. The van der Waals surface area contributed by atoms with Crippen LogP contribution in [0.4, 0.5) is 0 Å². The number of ether oxygens (including phenoxy) is 2. The van der Waals surface area contributed by atoms with Gasteiger partial charge < -0.3 is 19.1 Å². The van der Waals surface area contributed by atoms with Gasteiger partial charge in [-0.1, -0.05) is 10.3 Å². The summed E-state index contributed by atoms with van der Waals surface area (Å²) in [5, 5.41) is 7.41. The van der Waals surface area contributed by atoms with E-state index >= 15 is 0 Å². The number of hydrogen-bond acceptors (Lipinski definition) is 6. The third-order valence-corrected chi connectivity index (χ3v) is 1.72. The quantitative estimate of drug-likeness (QED) is 0.363. The minimum Gasteiger partial charge on any atom is -0.361 e. The summed E-state index contributed by atoms with van der Waals surface area (Å²) in [6.45, 7) is 12.0. The number of hydrogen-bond donors (Lipinski definition) is 0. The van der Waals surface area contributed by atoms with E-state index in [-0.39, 0.29) is 0 Å². The third-order valence-electron chi connectivity index (χ3n) is 1.72. The lowest BCUT2D eigenvalue weighted by Gasteiger charge is -2.21. The predicted molar refractivity (Wildman–Crippen MR) is 70.6 cm³/mol. The first-order valence-corrected chi connectivity index (χ1v) is 6.02. The Morgan fingerprint density at radius 3 is 1.39 bits per heavy atom. The summed E-state index contributed by atoms with van der Waals surface area (Å²) in [6.07, 6.45) is 2.76. The van der Waals surface area contributed by atoms with Crippen molar-refractivity contribution < 1.29 is 19.1 Å². The van der Waals surface area contributed by atoms with Gasteiger partial charge in [0.05, 0.1) is 12.4 Å². The second-order valence-corrected chi connectivity index (χ2v) is 4.36. The fourth-order valence-electron chi connectivity index (χ4n) is 1.12. The van der Waals surface area contributed by atoms with Crippen LogP contribution in [0.25, 0.3) is 0 Å². The predicted octanol–water partition coefficient (Wildman–Crippen LogP) is 2.54. The molecule has 0 rings (SSSR count). The average Bonchev–Trinajstić information content (AvgIpc) is 2.22. The van der Waals surface area contributed by atoms with Crippen LogP contribution < -0.4 is 0 Å². The molecule has 18 heavy (non-hydrogen) atoms. The molecule has 6 nitrogen and oxygen atoms in total. The van der Waals surface area contributed by atoms with Gasteiger partial charge in [0.2, 0.25) is 11.6 Å². The molecule has 0 radical (unpaired) electrons. The Kier molecular flexibility index (Phi) is 7.54. The van der Waals surface area contributed by atoms with Crippen LogP contribution in [0.3, 0.4) is 0 Å². The fourth-order valence-corrected chi connectivity index (χ4v) is 1.12. The molecular weight excluding hydrogens is 236 g/mol. The number of oxime groups is 2. The minimum absolute atomic E-state index is 0.558. The van der Waals surface area contributed by atoms with Gasteiger partial charge in [-0.15, -0.1) is 0 Å². The van der Waals surface area contributed by atoms with E-state index in [0.29, 0.717) is 13.2 Å². The Morgan fingerprint density at radius 1 is 0.778 bits per heavy atom. The Balaban J connectivity index is 3.95. The first-order valence-electron chi connectivity index (χ1n) is 6.02. The van der Waals surface area contributed by atoms with Gasteiger partial charge >= 0.3 is 0 Å². The molecule has 0 aromatic heterocycles. The lowest BCUT2D eigenvalue weighted by Crippen LogP contribution is -2.26. The first-order chi connectivity index (χ1) is 8.33. The van der Waals surface area contributed by atoms with Crippen LogP contribution in [0, 0.1) is 0 Å². The maximum atomic E-state index is 5.29. The molecule has 6 heteroatoms. The van der Waals surface area contributed by atoms with Gasteiger partial charge in [0.1, 0.15) is 0 Å². The summed E-state index contributed by atoms with van der Waals surface area (Å²) in [7, 11) is 0. The molecule has 0 atom stereocenters. The zero-order chi connectivity index (χ0) is 14.1. The lowest BCUT2D eigenvalue weighted by molar-refractivity contribution is -0.211. The van der Waals surface area contributed by atoms with Gasteiger partial charge in [0, 0.05) is 40.9 Å². The van der Waals surface area contributed by atoms with E-state index in [9.17, 15) is 0 Å². The van der Waals surface area contributed by atoms with Gasteiger partial charge in [-0.2, -0.15) is 0 Å². The average molecular weight is 260 g/mol. The van der Waals surface area contributed by atoms with Crippen LogP contribution in [0.5, 0.6) is 0 Å². The van der Waals surface area contributed by atoms with Crippen LogP contribution in [-0.2, 0) is 19.1 Å². The Morgan fingerprint density at radius 2 is 1.11 bits per heavy atom. The second kappa shape index (κ2) is 8.05. The summed E-state index contributed by atoms with van der Waals surface area (Å²) < 4.78 is 10.6. The van der Waals surface area contributed by atoms with E-state index in [1.807, 2.05) is 13.8 Å². The van der Waals surface area contributed by atoms with Crippen molar-refractivity contribution in [2.24, 2.45) is 10.3 Å². The first kappa shape index (κ1) is 16.9. The lowest BCUT2D eigenvalue weighted by atomic mass is 10.4. The van der Waals surface area contributed by atoms with E-state index < -0.39 is 11.6 Å². The van der Waals surface area contributed by atoms with Crippen molar-refractivity contribution in [2.45, 2.75) is 53.1 Å². The minimum atomic E-state index is -0.745. The molecule has 0 spiro atoms. The molecule has 0 aromatic rings. The van der Waals surface area contributed by atoms with Crippen molar-refractivity contribution in [3.63, 3.8) is 0 Å². The van der Waals surface area contributed by atoms with Gasteiger partial charge in [-0.05, 0) is 13.8 Å². The maximum absolute atomic E-state index is 5.29. The third kappa shape index (κ3) is 8.95. The van der Waals surface area contributed by atoms with Crippen LogP contribution in [0.15, 0.2) is 10.3 Å². The zero-order valence-electron chi connectivity index (χ0n) is 12.1.